The van der Waals surface area contributed by atoms with Crippen LogP contribution in [0.1, 0.15) is 42.6 Å². The van der Waals surface area contributed by atoms with Crippen molar-refractivity contribution >= 4 is 0 Å². The molecule has 0 aliphatic heterocycles. The summed E-state index contributed by atoms with van der Waals surface area (Å²) in [6, 6.07) is 6.20. The second-order valence-electron chi connectivity index (χ2n) is 4.59. The zero-order valence-electron chi connectivity index (χ0n) is 10.5. The number of aryl methyl sites for hydroxylation is 2. The average Bonchev–Trinajstić information content (AvgIpc) is 2.28. The molecular formula is C14H23NO. The zero-order valence-corrected chi connectivity index (χ0v) is 10.5. The van der Waals surface area contributed by atoms with Crippen LogP contribution in [-0.2, 0) is 0 Å². The summed E-state index contributed by atoms with van der Waals surface area (Å²) >= 11 is 0. The quantitative estimate of drug-likeness (QED) is 0.803. The summed E-state index contributed by atoms with van der Waals surface area (Å²) in [5.41, 5.74) is 9.09. The van der Waals surface area contributed by atoms with E-state index in [0.717, 1.165) is 24.0 Å². The Balaban J connectivity index is 2.93. The fourth-order valence-electron chi connectivity index (χ4n) is 2.11. The van der Waals surface area contributed by atoms with Crippen molar-refractivity contribution in [3.8, 4) is 0 Å². The van der Waals surface area contributed by atoms with Gasteiger partial charge in [-0.1, -0.05) is 37.1 Å². The second kappa shape index (κ2) is 6.02. The lowest BCUT2D eigenvalue weighted by Gasteiger charge is -2.23. The van der Waals surface area contributed by atoms with Crippen molar-refractivity contribution in [3.63, 3.8) is 0 Å². The monoisotopic (exact) mass is 221 g/mol. The first kappa shape index (κ1) is 13.2. The summed E-state index contributed by atoms with van der Waals surface area (Å²) in [6.07, 6.45) is 1.61. The van der Waals surface area contributed by atoms with Crippen molar-refractivity contribution in [1.29, 1.82) is 0 Å². The van der Waals surface area contributed by atoms with Crippen LogP contribution in [0.5, 0.6) is 0 Å². The van der Waals surface area contributed by atoms with Crippen molar-refractivity contribution in [2.24, 2.45) is 11.7 Å². The highest BCUT2D eigenvalue weighted by molar-refractivity contribution is 5.32. The summed E-state index contributed by atoms with van der Waals surface area (Å²) in [5, 5.41) is 10.3. The molecule has 0 amide bonds. The average molecular weight is 221 g/mol. The third kappa shape index (κ3) is 3.06. The van der Waals surface area contributed by atoms with E-state index in [2.05, 4.69) is 25.1 Å². The van der Waals surface area contributed by atoms with E-state index in [1.807, 2.05) is 13.8 Å². The van der Waals surface area contributed by atoms with E-state index in [-0.39, 0.29) is 5.92 Å². The maximum atomic E-state index is 10.3. The van der Waals surface area contributed by atoms with Crippen LogP contribution in [0.25, 0.3) is 0 Å². The molecule has 0 spiro atoms. The summed E-state index contributed by atoms with van der Waals surface area (Å²) < 4.78 is 0. The summed E-state index contributed by atoms with van der Waals surface area (Å²) in [6.45, 7) is 6.76. The first-order chi connectivity index (χ1) is 7.60. The third-order valence-electron chi connectivity index (χ3n) is 3.16. The second-order valence-corrected chi connectivity index (χ2v) is 4.59. The molecule has 1 aromatic rings. The van der Waals surface area contributed by atoms with E-state index in [1.165, 1.54) is 5.56 Å². The fraction of sp³-hybridized carbons (Fsp3) is 0.571. The lowest BCUT2D eigenvalue weighted by atomic mass is 9.89. The van der Waals surface area contributed by atoms with E-state index in [9.17, 15) is 5.11 Å². The predicted octanol–water partition coefficient (Wildman–Crippen LogP) is 2.71. The maximum absolute atomic E-state index is 10.3. The minimum Gasteiger partial charge on any atom is -0.388 e. The van der Waals surface area contributed by atoms with E-state index in [0.29, 0.717) is 6.54 Å². The van der Waals surface area contributed by atoms with Crippen LogP contribution in [0.3, 0.4) is 0 Å². The van der Waals surface area contributed by atoms with Gasteiger partial charge in [0.05, 0.1) is 6.10 Å². The molecule has 16 heavy (non-hydrogen) atoms. The van der Waals surface area contributed by atoms with E-state index >= 15 is 0 Å². The molecule has 0 saturated heterocycles. The number of nitrogens with two attached hydrogens (primary N) is 1. The number of rotatable bonds is 5. The minimum absolute atomic E-state index is 0.172. The van der Waals surface area contributed by atoms with Crippen LogP contribution < -0.4 is 5.73 Å². The van der Waals surface area contributed by atoms with Crippen LogP contribution >= 0.6 is 0 Å². The SMILES string of the molecule is CCCC(CN)C(O)c1cc(C)ccc1C. The van der Waals surface area contributed by atoms with Crippen molar-refractivity contribution in [2.45, 2.75) is 39.7 Å². The van der Waals surface area contributed by atoms with Gasteiger partial charge in [0.2, 0.25) is 0 Å². The Kier molecular flexibility index (Phi) is 4.97. The standard InChI is InChI=1S/C14H23NO/c1-4-5-12(9-15)14(16)13-8-10(2)6-7-11(13)3/h6-8,12,14,16H,4-5,9,15H2,1-3H3. The predicted molar refractivity (Wildman–Crippen MR) is 68.3 cm³/mol. The molecule has 0 radical (unpaired) electrons. The Morgan fingerprint density at radius 1 is 1.31 bits per heavy atom. The van der Waals surface area contributed by atoms with Crippen LogP contribution in [0.15, 0.2) is 18.2 Å². The lowest BCUT2D eigenvalue weighted by molar-refractivity contribution is 0.106. The van der Waals surface area contributed by atoms with Crippen molar-refractivity contribution < 1.29 is 5.11 Å². The molecule has 3 N–H and O–H groups in total. The first-order valence-corrected chi connectivity index (χ1v) is 6.05. The third-order valence-corrected chi connectivity index (χ3v) is 3.16. The topological polar surface area (TPSA) is 46.2 Å². The first-order valence-electron chi connectivity index (χ1n) is 6.05. The molecule has 0 saturated carbocycles. The fourth-order valence-corrected chi connectivity index (χ4v) is 2.11. The Morgan fingerprint density at radius 2 is 2.00 bits per heavy atom. The summed E-state index contributed by atoms with van der Waals surface area (Å²) in [4.78, 5) is 0. The molecule has 90 valence electrons. The highest BCUT2D eigenvalue weighted by atomic mass is 16.3. The molecule has 0 bridgehead atoms. The Labute approximate surface area is 98.5 Å². The van der Waals surface area contributed by atoms with E-state index in [1.54, 1.807) is 0 Å². The molecule has 2 nitrogen and oxygen atoms in total. The van der Waals surface area contributed by atoms with Gasteiger partial charge in [-0.05, 0) is 37.9 Å². The summed E-state index contributed by atoms with van der Waals surface area (Å²) in [7, 11) is 0. The number of hydrogen-bond acceptors (Lipinski definition) is 2. The van der Waals surface area contributed by atoms with Crippen molar-refractivity contribution in [2.75, 3.05) is 6.54 Å². The molecular weight excluding hydrogens is 198 g/mol. The summed E-state index contributed by atoms with van der Waals surface area (Å²) in [5.74, 6) is 0.172. The van der Waals surface area contributed by atoms with Gasteiger partial charge in [-0.15, -0.1) is 0 Å². The minimum atomic E-state index is -0.426. The van der Waals surface area contributed by atoms with Crippen LogP contribution in [0.2, 0.25) is 0 Å². The van der Waals surface area contributed by atoms with Gasteiger partial charge in [0.15, 0.2) is 0 Å². The van der Waals surface area contributed by atoms with Gasteiger partial charge < -0.3 is 10.8 Å². The molecule has 1 aromatic carbocycles. The highest BCUT2D eigenvalue weighted by Crippen LogP contribution is 2.28. The molecule has 0 fully saturated rings. The van der Waals surface area contributed by atoms with Gasteiger partial charge in [0, 0.05) is 5.92 Å². The number of benzene rings is 1. The Morgan fingerprint density at radius 3 is 2.56 bits per heavy atom. The van der Waals surface area contributed by atoms with Gasteiger partial charge in [0.1, 0.15) is 0 Å². The highest BCUT2D eigenvalue weighted by Gasteiger charge is 2.20. The molecule has 2 atom stereocenters. The zero-order chi connectivity index (χ0) is 12.1. The Bertz CT molecular complexity index is 336. The normalized spacial score (nSPS) is 14.8. The number of hydrogen-bond donors (Lipinski definition) is 2. The van der Waals surface area contributed by atoms with Gasteiger partial charge >= 0.3 is 0 Å². The maximum Gasteiger partial charge on any atom is 0.0832 e. The number of aliphatic hydroxyl groups excluding tert-OH is 1. The molecule has 1 rings (SSSR count). The molecule has 0 aliphatic rings. The Hall–Kier alpha value is -0.860. The van der Waals surface area contributed by atoms with Gasteiger partial charge in [-0.3, -0.25) is 0 Å². The molecule has 0 aliphatic carbocycles. The van der Waals surface area contributed by atoms with Crippen LogP contribution in [0.4, 0.5) is 0 Å². The van der Waals surface area contributed by atoms with Gasteiger partial charge in [-0.25, -0.2) is 0 Å². The van der Waals surface area contributed by atoms with Crippen LogP contribution in [-0.4, -0.2) is 11.7 Å². The molecule has 2 unspecified atom stereocenters. The van der Waals surface area contributed by atoms with Crippen molar-refractivity contribution in [3.05, 3.63) is 34.9 Å². The molecule has 0 aromatic heterocycles. The van der Waals surface area contributed by atoms with Crippen LogP contribution in [0, 0.1) is 19.8 Å². The van der Waals surface area contributed by atoms with E-state index < -0.39 is 6.10 Å². The van der Waals surface area contributed by atoms with Gasteiger partial charge in [-0.2, -0.15) is 0 Å². The largest absolute Gasteiger partial charge is 0.388 e. The smallest absolute Gasteiger partial charge is 0.0832 e. The molecule has 2 heteroatoms. The van der Waals surface area contributed by atoms with E-state index in [4.69, 9.17) is 5.73 Å². The lowest BCUT2D eigenvalue weighted by Crippen LogP contribution is -2.22. The van der Waals surface area contributed by atoms with Gasteiger partial charge in [0.25, 0.3) is 0 Å². The number of aliphatic hydroxyl groups is 1. The molecule has 0 heterocycles. The van der Waals surface area contributed by atoms with Crippen molar-refractivity contribution in [1.82, 2.24) is 0 Å².